The van der Waals surface area contributed by atoms with E-state index in [0.29, 0.717) is 0 Å². The van der Waals surface area contributed by atoms with E-state index in [9.17, 15) is 26.7 Å². The van der Waals surface area contributed by atoms with Crippen LogP contribution < -0.4 is 4.74 Å². The Morgan fingerprint density at radius 2 is 2.05 bits per heavy atom. The van der Waals surface area contributed by atoms with Crippen molar-refractivity contribution in [1.29, 1.82) is 5.26 Å². The van der Waals surface area contributed by atoms with Gasteiger partial charge in [0.15, 0.2) is 5.75 Å². The number of halogens is 5. The lowest BCUT2D eigenvalue weighted by Crippen LogP contribution is -2.14. The zero-order chi connectivity index (χ0) is 16.9. The smallest absolute Gasteiger partial charge is 0.446 e. The van der Waals surface area contributed by atoms with Gasteiger partial charge in [0, 0.05) is 0 Å². The molecule has 0 bridgehead atoms. The minimum atomic E-state index is -4.79. The van der Waals surface area contributed by atoms with Gasteiger partial charge in [0.2, 0.25) is 0 Å². The average Bonchev–Trinajstić information content (AvgIpc) is 2.38. The topological polar surface area (TPSA) is 59.3 Å². The van der Waals surface area contributed by atoms with Gasteiger partial charge in [0.05, 0.1) is 17.1 Å². The Labute approximate surface area is 125 Å². The summed E-state index contributed by atoms with van der Waals surface area (Å²) in [5.74, 6) is -2.26. The number of nitrogens with zero attached hydrogens (tertiary/aromatic N) is 1. The zero-order valence-corrected chi connectivity index (χ0v) is 11.7. The highest BCUT2D eigenvalue weighted by Gasteiger charge is 2.34. The average molecular weight is 341 g/mol. The van der Waals surface area contributed by atoms with E-state index in [1.807, 2.05) is 0 Å². The summed E-state index contributed by atoms with van der Waals surface area (Å²) in [5.41, 5.74) is -5.99. The molecule has 0 radical (unpaired) electrons. The van der Waals surface area contributed by atoms with Crippen LogP contribution in [0.1, 0.15) is 22.8 Å². The molecule has 0 aliphatic rings. The molecule has 0 amide bonds. The van der Waals surface area contributed by atoms with Crippen LogP contribution in [0.4, 0.5) is 22.0 Å². The first-order valence-corrected chi connectivity index (χ1v) is 6.46. The Kier molecular flexibility index (Phi) is 5.99. The van der Waals surface area contributed by atoms with E-state index in [-0.39, 0.29) is 6.61 Å². The van der Waals surface area contributed by atoms with Crippen LogP contribution in [-0.2, 0) is 4.74 Å². The molecule has 0 aliphatic carbocycles. The molecule has 0 saturated heterocycles. The first kappa shape index (κ1) is 18.0. The number of ether oxygens (including phenoxy) is 2. The van der Waals surface area contributed by atoms with E-state index in [2.05, 4.69) is 9.47 Å². The van der Waals surface area contributed by atoms with E-state index in [4.69, 9.17) is 5.26 Å². The summed E-state index contributed by atoms with van der Waals surface area (Å²) in [6, 6.07) is 3.20. The van der Waals surface area contributed by atoms with Crippen molar-refractivity contribution in [2.24, 2.45) is 0 Å². The first-order chi connectivity index (χ1) is 10.2. The van der Waals surface area contributed by atoms with Crippen molar-refractivity contribution >= 4 is 17.7 Å². The summed E-state index contributed by atoms with van der Waals surface area (Å²) in [6.45, 7) is -2.23. The second kappa shape index (κ2) is 7.31. The SMILES string of the molecule is CCOC(=O)c1c(C#N)ccc(SC(F)(F)F)c1OC(F)F. The molecule has 0 saturated carbocycles. The van der Waals surface area contributed by atoms with Gasteiger partial charge in [-0.1, -0.05) is 0 Å². The standard InChI is InChI=1S/C12H8F5NO3S/c1-2-20-10(19)8-6(5-18)3-4-7(22-12(15,16)17)9(8)21-11(13)14/h3-4,11H,2H2,1H3. The Bertz CT molecular complexity index is 598. The number of esters is 1. The molecule has 0 fully saturated rings. The number of nitriles is 1. The normalized spacial score (nSPS) is 11.2. The van der Waals surface area contributed by atoms with E-state index >= 15 is 0 Å². The van der Waals surface area contributed by atoms with Crippen LogP contribution in [0.25, 0.3) is 0 Å². The van der Waals surface area contributed by atoms with E-state index < -0.39 is 51.6 Å². The summed E-state index contributed by atoms with van der Waals surface area (Å²) < 4.78 is 70.9. The van der Waals surface area contributed by atoms with Gasteiger partial charge in [-0.3, -0.25) is 0 Å². The van der Waals surface area contributed by atoms with Crippen molar-refractivity contribution in [2.75, 3.05) is 6.61 Å². The number of carbonyl (C=O) groups is 1. The van der Waals surface area contributed by atoms with Crippen molar-refractivity contribution in [1.82, 2.24) is 0 Å². The first-order valence-electron chi connectivity index (χ1n) is 5.64. The fourth-order valence-electron chi connectivity index (χ4n) is 1.47. The van der Waals surface area contributed by atoms with Gasteiger partial charge in [-0.15, -0.1) is 0 Å². The molecule has 1 aromatic rings. The maximum Gasteiger partial charge on any atom is 0.446 e. The lowest BCUT2D eigenvalue weighted by molar-refractivity contribution is -0.0534. The number of benzene rings is 1. The predicted molar refractivity (Wildman–Crippen MR) is 65.7 cm³/mol. The quantitative estimate of drug-likeness (QED) is 0.461. The van der Waals surface area contributed by atoms with Gasteiger partial charge >= 0.3 is 18.1 Å². The summed E-state index contributed by atoms with van der Waals surface area (Å²) in [6.07, 6.45) is 0. The fraction of sp³-hybridized carbons (Fsp3) is 0.333. The van der Waals surface area contributed by atoms with Crippen molar-refractivity contribution in [3.8, 4) is 11.8 Å². The highest BCUT2D eigenvalue weighted by Crippen LogP contribution is 2.44. The van der Waals surface area contributed by atoms with Gasteiger partial charge in [-0.05, 0) is 30.8 Å². The predicted octanol–water partition coefficient (Wildman–Crippen LogP) is 3.95. The lowest BCUT2D eigenvalue weighted by Gasteiger charge is -2.16. The molecule has 1 rings (SSSR count). The Morgan fingerprint density at radius 1 is 1.41 bits per heavy atom. The van der Waals surface area contributed by atoms with Gasteiger partial charge in [-0.25, -0.2) is 4.79 Å². The van der Waals surface area contributed by atoms with Crippen molar-refractivity contribution < 1.29 is 36.2 Å². The van der Waals surface area contributed by atoms with E-state index in [1.165, 1.54) is 13.0 Å². The molecular weight excluding hydrogens is 333 g/mol. The van der Waals surface area contributed by atoms with Crippen molar-refractivity contribution in [3.05, 3.63) is 23.3 Å². The van der Waals surface area contributed by atoms with E-state index in [0.717, 1.165) is 12.1 Å². The number of carbonyl (C=O) groups excluding carboxylic acids is 1. The van der Waals surface area contributed by atoms with Crippen LogP contribution in [0.2, 0.25) is 0 Å². The van der Waals surface area contributed by atoms with Crippen molar-refractivity contribution in [3.63, 3.8) is 0 Å². The zero-order valence-electron chi connectivity index (χ0n) is 10.9. The number of hydrogen-bond donors (Lipinski definition) is 0. The van der Waals surface area contributed by atoms with Gasteiger partial charge in [-0.2, -0.15) is 27.2 Å². The summed E-state index contributed by atoms with van der Waals surface area (Å²) in [7, 11) is 0. The molecule has 1 aromatic carbocycles. The molecule has 4 nitrogen and oxygen atoms in total. The second-order valence-electron chi connectivity index (χ2n) is 3.57. The minimum absolute atomic E-state index is 0.158. The van der Waals surface area contributed by atoms with Crippen LogP contribution in [0.5, 0.6) is 5.75 Å². The van der Waals surface area contributed by atoms with Gasteiger partial charge < -0.3 is 9.47 Å². The molecule has 10 heteroatoms. The molecule has 0 aromatic heterocycles. The molecular formula is C12H8F5NO3S. The van der Waals surface area contributed by atoms with Gasteiger partial charge in [0.1, 0.15) is 11.6 Å². The lowest BCUT2D eigenvalue weighted by atomic mass is 10.1. The molecule has 0 atom stereocenters. The third kappa shape index (κ3) is 4.77. The molecule has 0 aliphatic heterocycles. The Morgan fingerprint density at radius 3 is 2.50 bits per heavy atom. The van der Waals surface area contributed by atoms with Gasteiger partial charge in [0.25, 0.3) is 0 Å². The summed E-state index contributed by atoms with van der Waals surface area (Å²) >= 11 is -0.737. The van der Waals surface area contributed by atoms with Crippen LogP contribution in [0.3, 0.4) is 0 Å². The third-order valence-electron chi connectivity index (χ3n) is 2.15. The fourth-order valence-corrected chi connectivity index (χ4v) is 2.10. The molecule has 0 unspecified atom stereocenters. The maximum atomic E-state index is 12.5. The highest BCUT2D eigenvalue weighted by atomic mass is 32.2. The van der Waals surface area contributed by atoms with Crippen LogP contribution in [-0.4, -0.2) is 24.7 Å². The summed E-state index contributed by atoms with van der Waals surface area (Å²) in [5, 5.41) is 8.89. The Balaban J connectivity index is 3.50. The highest BCUT2D eigenvalue weighted by molar-refractivity contribution is 8.00. The number of thioether (sulfide) groups is 1. The third-order valence-corrected chi connectivity index (χ3v) is 2.93. The Hall–Kier alpha value is -2.02. The maximum absolute atomic E-state index is 12.5. The monoisotopic (exact) mass is 341 g/mol. The molecule has 0 N–H and O–H groups in total. The molecule has 0 heterocycles. The van der Waals surface area contributed by atoms with Crippen LogP contribution in [0, 0.1) is 11.3 Å². The molecule has 120 valence electrons. The molecule has 22 heavy (non-hydrogen) atoms. The number of alkyl halides is 5. The minimum Gasteiger partial charge on any atom is -0.462 e. The van der Waals surface area contributed by atoms with Crippen LogP contribution >= 0.6 is 11.8 Å². The molecule has 0 spiro atoms. The second-order valence-corrected chi connectivity index (χ2v) is 4.68. The number of hydrogen-bond acceptors (Lipinski definition) is 5. The summed E-state index contributed by atoms with van der Waals surface area (Å²) in [4.78, 5) is 11.0. The number of rotatable bonds is 5. The van der Waals surface area contributed by atoms with Crippen molar-refractivity contribution in [2.45, 2.75) is 23.9 Å². The largest absolute Gasteiger partial charge is 0.462 e. The van der Waals surface area contributed by atoms with E-state index in [1.54, 1.807) is 0 Å². The van der Waals surface area contributed by atoms with Crippen LogP contribution in [0.15, 0.2) is 17.0 Å².